The molecule has 0 aliphatic carbocycles. The molecule has 2 fully saturated rings. The van der Waals surface area contributed by atoms with Gasteiger partial charge in [-0.2, -0.15) is 0 Å². The third-order valence-electron chi connectivity index (χ3n) is 8.00. The van der Waals surface area contributed by atoms with E-state index in [9.17, 15) is 24.6 Å². The molecule has 2 aliphatic heterocycles. The van der Waals surface area contributed by atoms with E-state index >= 15 is 4.39 Å². The molecule has 2 aromatic carbocycles. The minimum atomic E-state index is -3.49. The molecule has 0 saturated carbocycles. The van der Waals surface area contributed by atoms with Gasteiger partial charge in [0.15, 0.2) is 0 Å². The summed E-state index contributed by atoms with van der Waals surface area (Å²) < 4.78 is 26.9. The number of ether oxygens (including phenoxy) is 2. The predicted molar refractivity (Wildman–Crippen MR) is 161 cm³/mol. The Morgan fingerprint density at radius 2 is 1.77 bits per heavy atom. The van der Waals surface area contributed by atoms with Crippen LogP contribution in [0.2, 0.25) is 0 Å². The van der Waals surface area contributed by atoms with Crippen LogP contribution in [0.15, 0.2) is 36.4 Å². The first-order chi connectivity index (χ1) is 20.4. The van der Waals surface area contributed by atoms with Crippen molar-refractivity contribution in [3.63, 3.8) is 0 Å². The van der Waals surface area contributed by atoms with Crippen LogP contribution < -0.4 is 10.1 Å². The number of carbonyl (C=O) groups is 3. The van der Waals surface area contributed by atoms with Crippen molar-refractivity contribution >= 4 is 57.5 Å². The van der Waals surface area contributed by atoms with Gasteiger partial charge in [0.05, 0.1) is 33.4 Å². The van der Waals surface area contributed by atoms with Crippen LogP contribution in [0, 0.1) is 12.7 Å². The van der Waals surface area contributed by atoms with Crippen molar-refractivity contribution in [2.24, 2.45) is 0 Å². The molecule has 10 nitrogen and oxygen atoms in total. The largest absolute Gasteiger partial charge is 0.488 e. The average Bonchev–Trinajstić information content (AvgIpc) is 2.91. The van der Waals surface area contributed by atoms with E-state index in [1.165, 1.54) is 12.1 Å². The number of hydrogen-bond acceptors (Lipinski definition) is 8. The Kier molecular flexibility index (Phi) is 9.25. The van der Waals surface area contributed by atoms with Gasteiger partial charge in [0, 0.05) is 30.8 Å². The van der Waals surface area contributed by atoms with Gasteiger partial charge in [-0.25, -0.2) is 4.39 Å². The Labute approximate surface area is 262 Å². The van der Waals surface area contributed by atoms with E-state index in [4.69, 9.17) is 48.7 Å². The van der Waals surface area contributed by atoms with Gasteiger partial charge >= 0.3 is 0 Å². The Hall–Kier alpha value is -3.06. The van der Waals surface area contributed by atoms with Crippen LogP contribution >= 0.6 is 0 Å². The van der Waals surface area contributed by atoms with Gasteiger partial charge in [0.1, 0.15) is 52.7 Å². The highest BCUT2D eigenvalue weighted by Gasteiger charge is 2.67. The van der Waals surface area contributed by atoms with Crippen molar-refractivity contribution in [1.82, 2.24) is 15.1 Å². The fourth-order valence-electron chi connectivity index (χ4n) is 5.71. The second kappa shape index (κ2) is 12.0. The van der Waals surface area contributed by atoms with Crippen LogP contribution in [-0.2, 0) is 37.6 Å². The molecule has 16 heteroatoms. The average molecular weight is 593 g/mol. The van der Waals surface area contributed by atoms with E-state index in [0.717, 1.165) is 18.7 Å². The van der Waals surface area contributed by atoms with Crippen molar-refractivity contribution in [2.45, 2.75) is 67.9 Å². The summed E-state index contributed by atoms with van der Waals surface area (Å²) in [5.41, 5.74) is -8.88. The summed E-state index contributed by atoms with van der Waals surface area (Å²) in [6.07, 6.45) is 0.0289. The molecule has 2 heterocycles. The van der Waals surface area contributed by atoms with Crippen LogP contribution in [0.4, 0.5) is 4.39 Å². The monoisotopic (exact) mass is 593 g/mol. The molecule has 2 aromatic rings. The maximum absolute atomic E-state index is 15.2. The van der Waals surface area contributed by atoms with Gasteiger partial charge < -0.3 is 24.6 Å². The number of amides is 3. The number of imide groups is 1. The molecule has 220 valence electrons. The zero-order valence-electron chi connectivity index (χ0n) is 24.6. The fraction of sp³-hybridized carbons (Fsp3) is 0.464. The van der Waals surface area contributed by atoms with Crippen molar-refractivity contribution < 1.29 is 38.5 Å². The van der Waals surface area contributed by atoms with Gasteiger partial charge in [0.25, 0.3) is 5.91 Å². The Morgan fingerprint density at radius 3 is 2.36 bits per heavy atom. The lowest BCUT2D eigenvalue weighted by Gasteiger charge is -2.60. The second-order valence-corrected chi connectivity index (χ2v) is 11.5. The summed E-state index contributed by atoms with van der Waals surface area (Å²) in [5.74, 6) is -3.68. The number of aliphatic hydroxyl groups is 2. The topological polar surface area (TPSA) is 129 Å². The summed E-state index contributed by atoms with van der Waals surface area (Å²) in [7, 11) is 30.2. The quantitative estimate of drug-likeness (QED) is 0.182. The smallest absolute Gasteiger partial charge is 0.250 e. The zero-order valence-corrected chi connectivity index (χ0v) is 24.6. The van der Waals surface area contributed by atoms with E-state index in [0.29, 0.717) is 12.1 Å². The molecule has 0 aromatic heterocycles. The van der Waals surface area contributed by atoms with Gasteiger partial charge in [-0.3, -0.25) is 24.6 Å². The normalized spacial score (nSPS) is 29.6. The van der Waals surface area contributed by atoms with Crippen molar-refractivity contribution in [2.75, 3.05) is 13.1 Å². The number of halogens is 1. The molecule has 2 aliphatic rings. The summed E-state index contributed by atoms with van der Waals surface area (Å²) in [6, 6.07) is 9.32. The van der Waals surface area contributed by atoms with E-state index < -0.39 is 39.4 Å². The van der Waals surface area contributed by atoms with Crippen molar-refractivity contribution in [3.05, 3.63) is 64.5 Å². The van der Waals surface area contributed by atoms with Crippen molar-refractivity contribution in [3.8, 4) is 5.75 Å². The number of aryl methyl sites for hydroxylation is 1. The molecule has 5 atom stereocenters. The highest BCUT2D eigenvalue weighted by atomic mass is 19.1. The highest BCUT2D eigenvalue weighted by molar-refractivity contribution is 6.48. The van der Waals surface area contributed by atoms with Crippen LogP contribution in [0.3, 0.4) is 0 Å². The highest BCUT2D eigenvalue weighted by Crippen LogP contribution is 2.42. The third-order valence-corrected chi connectivity index (χ3v) is 8.00. The first-order valence-electron chi connectivity index (χ1n) is 13.8. The molecule has 4 rings (SSSR count). The summed E-state index contributed by atoms with van der Waals surface area (Å²) in [6.45, 7) is 7.20. The first kappa shape index (κ1) is 33.8. The number of piperidine rings is 1. The lowest BCUT2D eigenvalue weighted by molar-refractivity contribution is -0.178. The molecule has 0 spiro atoms. The molecule has 3 amide bonds. The standard InChI is InChI=1S/C28H29B5FN3O7/c1-15-5-4-6-21(43-13-19-8-7-18(9-20(19)34)12-36-10-16(2)44-17(3)11-36)22(15)27(31,32)37(14-38)25(29)23(39)35-24(40)26(30,41)28(25,33)42/h4-9,14,16-17,41-42H,10-13H2,1-3H3,(H,35,39,40). The van der Waals surface area contributed by atoms with E-state index in [1.807, 2.05) is 13.8 Å². The first-order valence-corrected chi connectivity index (χ1v) is 13.8. The summed E-state index contributed by atoms with van der Waals surface area (Å²) in [4.78, 5) is 39.9. The van der Waals surface area contributed by atoms with Crippen LogP contribution in [-0.4, -0.2) is 119 Å². The van der Waals surface area contributed by atoms with Crippen molar-refractivity contribution in [1.29, 1.82) is 0 Å². The Bertz CT molecular complexity index is 1450. The number of nitrogens with one attached hydrogen (secondary N) is 1. The number of hydrogen-bond donors (Lipinski definition) is 3. The molecular weight excluding hydrogens is 563 g/mol. The fourth-order valence-corrected chi connectivity index (χ4v) is 5.71. The van der Waals surface area contributed by atoms with Crippen LogP contribution in [0.25, 0.3) is 0 Å². The second-order valence-electron chi connectivity index (χ2n) is 11.5. The Morgan fingerprint density at radius 1 is 1.14 bits per heavy atom. The molecule has 3 N–H and O–H groups in total. The molecule has 0 bridgehead atoms. The number of carbonyl (C=O) groups excluding carboxylic acids is 3. The minimum absolute atomic E-state index is 0.0407. The molecule has 5 unspecified atom stereocenters. The maximum Gasteiger partial charge on any atom is 0.250 e. The number of nitrogens with zero attached hydrogens (tertiary/aromatic N) is 2. The number of benzene rings is 2. The number of rotatable bonds is 9. The lowest BCUT2D eigenvalue weighted by atomic mass is 9.41. The number of morpholine rings is 1. The zero-order chi connectivity index (χ0) is 32.8. The van der Waals surface area contributed by atoms with Crippen LogP contribution in [0.5, 0.6) is 5.75 Å². The minimum Gasteiger partial charge on any atom is -0.488 e. The maximum atomic E-state index is 15.2. The predicted octanol–water partition coefficient (Wildman–Crippen LogP) is -1.54. The van der Waals surface area contributed by atoms with Crippen LogP contribution in [0.1, 0.15) is 36.1 Å². The summed E-state index contributed by atoms with van der Waals surface area (Å²) >= 11 is 0. The molecule has 44 heavy (non-hydrogen) atoms. The summed E-state index contributed by atoms with van der Waals surface area (Å²) in [5, 5.41) is 20.5. The van der Waals surface area contributed by atoms with Gasteiger partial charge in [0.2, 0.25) is 12.3 Å². The van der Waals surface area contributed by atoms with Gasteiger partial charge in [-0.05, 0) is 49.4 Å². The van der Waals surface area contributed by atoms with E-state index in [1.54, 1.807) is 36.5 Å². The molecule has 2 saturated heterocycles. The van der Waals surface area contributed by atoms with E-state index in [2.05, 4.69) is 4.90 Å². The SMILES string of the molecule is [B]C([B])(c1c(C)cccc1OCc1ccc(CN2CC(C)OC(C)C2)cc1F)N(C=O)C1([B])C(=O)NC(=O)C([B])(O)C1([B])O. The lowest BCUT2D eigenvalue weighted by Crippen LogP contribution is -2.87. The van der Waals surface area contributed by atoms with E-state index in [-0.39, 0.29) is 47.0 Å². The Balaban J connectivity index is 1.62. The molecular formula is C28H29B5FN3O7. The third kappa shape index (κ3) is 5.73. The van der Waals surface area contributed by atoms with Gasteiger partial charge in [-0.15, -0.1) is 0 Å². The van der Waals surface area contributed by atoms with Gasteiger partial charge in [-0.1, -0.05) is 24.3 Å². The molecule has 10 radical (unpaired) electrons.